The molecular formula is C15H16N6O2. The van der Waals surface area contributed by atoms with E-state index in [4.69, 9.17) is 4.74 Å². The molecule has 2 atom stereocenters. The lowest BCUT2D eigenvalue weighted by atomic mass is 10.1. The lowest BCUT2D eigenvalue weighted by Crippen LogP contribution is -2.37. The molecular weight excluding hydrogens is 296 g/mol. The number of aromatic nitrogens is 5. The molecule has 3 aromatic rings. The Balaban J connectivity index is 1.62. The fraction of sp³-hybridized carbons (Fsp3) is 0.333. The maximum absolute atomic E-state index is 12.1. The third-order valence-corrected chi connectivity index (χ3v) is 3.91. The average molecular weight is 312 g/mol. The van der Waals surface area contributed by atoms with Gasteiger partial charge in [-0.05, 0) is 25.1 Å². The van der Waals surface area contributed by atoms with E-state index in [1.54, 1.807) is 23.0 Å². The van der Waals surface area contributed by atoms with E-state index in [9.17, 15) is 4.79 Å². The Morgan fingerprint density at radius 2 is 2.13 bits per heavy atom. The normalized spacial score (nSPS) is 20.9. The van der Waals surface area contributed by atoms with Crippen molar-refractivity contribution in [3.63, 3.8) is 0 Å². The summed E-state index contributed by atoms with van der Waals surface area (Å²) in [5.74, 6) is 0.705. The molecule has 0 saturated carbocycles. The number of ether oxygens (including phenoxy) is 1. The molecule has 1 aliphatic heterocycles. The van der Waals surface area contributed by atoms with Gasteiger partial charge in [-0.1, -0.05) is 0 Å². The van der Waals surface area contributed by atoms with Crippen LogP contribution >= 0.6 is 0 Å². The summed E-state index contributed by atoms with van der Waals surface area (Å²) >= 11 is 0. The summed E-state index contributed by atoms with van der Waals surface area (Å²) in [6.07, 6.45) is 3.49. The number of imidazole rings is 1. The van der Waals surface area contributed by atoms with E-state index in [1.807, 2.05) is 19.1 Å². The molecule has 0 spiro atoms. The Morgan fingerprint density at radius 1 is 1.22 bits per heavy atom. The maximum Gasteiger partial charge on any atom is 0.267 e. The smallest absolute Gasteiger partial charge is 0.267 e. The first-order valence-electron chi connectivity index (χ1n) is 7.42. The van der Waals surface area contributed by atoms with Gasteiger partial charge in [0.05, 0.1) is 24.9 Å². The molecule has 1 aliphatic rings. The SMILES string of the molecule is Cc1ccc(=O)n(C2COCC2Nc2ccc3nccn3n2)n1. The number of hydrogen-bond donors (Lipinski definition) is 1. The molecule has 0 aliphatic carbocycles. The predicted molar refractivity (Wildman–Crippen MR) is 83.5 cm³/mol. The zero-order chi connectivity index (χ0) is 15.8. The van der Waals surface area contributed by atoms with Crippen LogP contribution in [-0.2, 0) is 4.74 Å². The fourth-order valence-electron chi connectivity index (χ4n) is 2.76. The highest BCUT2D eigenvalue weighted by molar-refractivity contribution is 5.44. The van der Waals surface area contributed by atoms with E-state index < -0.39 is 0 Å². The Kier molecular flexibility index (Phi) is 3.30. The Labute approximate surface area is 131 Å². The summed E-state index contributed by atoms with van der Waals surface area (Å²) < 4.78 is 8.75. The zero-order valence-electron chi connectivity index (χ0n) is 12.6. The van der Waals surface area contributed by atoms with Crippen molar-refractivity contribution in [1.29, 1.82) is 0 Å². The van der Waals surface area contributed by atoms with Crippen molar-refractivity contribution < 1.29 is 4.74 Å². The molecule has 4 rings (SSSR count). The molecule has 0 radical (unpaired) electrons. The van der Waals surface area contributed by atoms with E-state index in [0.29, 0.717) is 19.0 Å². The first kappa shape index (κ1) is 13.9. The molecule has 0 aromatic carbocycles. The molecule has 4 heterocycles. The van der Waals surface area contributed by atoms with Crippen LogP contribution in [-0.4, -0.2) is 43.6 Å². The summed E-state index contributed by atoms with van der Waals surface area (Å²) in [6, 6.07) is 6.76. The molecule has 118 valence electrons. The van der Waals surface area contributed by atoms with Gasteiger partial charge in [0.1, 0.15) is 11.9 Å². The lowest BCUT2D eigenvalue weighted by Gasteiger charge is -2.20. The van der Waals surface area contributed by atoms with Crippen LogP contribution < -0.4 is 10.9 Å². The van der Waals surface area contributed by atoms with Crippen molar-refractivity contribution in [3.8, 4) is 0 Å². The van der Waals surface area contributed by atoms with Crippen molar-refractivity contribution in [1.82, 2.24) is 24.4 Å². The summed E-state index contributed by atoms with van der Waals surface area (Å²) in [7, 11) is 0. The highest BCUT2D eigenvalue weighted by atomic mass is 16.5. The van der Waals surface area contributed by atoms with Gasteiger partial charge in [-0.25, -0.2) is 14.2 Å². The fourth-order valence-corrected chi connectivity index (χ4v) is 2.76. The third-order valence-electron chi connectivity index (χ3n) is 3.91. The number of anilines is 1. The summed E-state index contributed by atoms with van der Waals surface area (Å²) in [4.78, 5) is 16.3. The van der Waals surface area contributed by atoms with Gasteiger partial charge < -0.3 is 10.1 Å². The number of hydrogen-bond acceptors (Lipinski definition) is 6. The first-order chi connectivity index (χ1) is 11.2. The number of rotatable bonds is 3. The van der Waals surface area contributed by atoms with E-state index in [2.05, 4.69) is 20.5 Å². The number of nitrogens with one attached hydrogen (secondary N) is 1. The number of aryl methyl sites for hydroxylation is 1. The molecule has 0 amide bonds. The standard InChI is InChI=1S/C15H16N6O2/c1-10-2-5-15(22)21(18-10)12-9-23-8-11(12)17-13-3-4-14-16-6-7-20(14)19-13/h2-7,11-12H,8-9H2,1H3,(H,17,19). The molecule has 3 aromatic heterocycles. The third kappa shape index (κ3) is 2.57. The number of fused-ring (bicyclic) bond motifs is 1. The highest BCUT2D eigenvalue weighted by Gasteiger charge is 2.31. The minimum absolute atomic E-state index is 0.0736. The van der Waals surface area contributed by atoms with E-state index in [1.165, 1.54) is 10.7 Å². The molecule has 1 fully saturated rings. The Bertz CT molecular complexity index is 902. The second-order valence-electron chi connectivity index (χ2n) is 5.56. The predicted octanol–water partition coefficient (Wildman–Crippen LogP) is 0.646. The molecule has 8 heteroatoms. The Morgan fingerprint density at radius 3 is 3.04 bits per heavy atom. The Hall–Kier alpha value is -2.74. The van der Waals surface area contributed by atoms with Gasteiger partial charge in [-0.2, -0.15) is 5.10 Å². The van der Waals surface area contributed by atoms with Crippen molar-refractivity contribution in [3.05, 3.63) is 52.7 Å². The van der Waals surface area contributed by atoms with Crippen LogP contribution in [0.5, 0.6) is 0 Å². The van der Waals surface area contributed by atoms with Crippen LogP contribution in [0.25, 0.3) is 5.65 Å². The minimum Gasteiger partial charge on any atom is -0.377 e. The second-order valence-corrected chi connectivity index (χ2v) is 5.56. The van der Waals surface area contributed by atoms with E-state index in [0.717, 1.165) is 11.3 Å². The average Bonchev–Trinajstić information content (AvgIpc) is 3.18. The van der Waals surface area contributed by atoms with Gasteiger partial charge in [0.25, 0.3) is 5.56 Å². The highest BCUT2D eigenvalue weighted by Crippen LogP contribution is 2.21. The minimum atomic E-state index is -0.164. The molecule has 1 N–H and O–H groups in total. The van der Waals surface area contributed by atoms with Crippen LogP contribution in [0.15, 0.2) is 41.5 Å². The van der Waals surface area contributed by atoms with E-state index in [-0.39, 0.29) is 17.6 Å². The quantitative estimate of drug-likeness (QED) is 0.764. The molecule has 1 saturated heterocycles. The van der Waals surface area contributed by atoms with Crippen LogP contribution in [0.2, 0.25) is 0 Å². The molecule has 2 unspecified atom stereocenters. The van der Waals surface area contributed by atoms with Crippen LogP contribution in [0, 0.1) is 6.92 Å². The van der Waals surface area contributed by atoms with Crippen LogP contribution in [0.3, 0.4) is 0 Å². The summed E-state index contributed by atoms with van der Waals surface area (Å²) in [5.41, 5.74) is 1.45. The van der Waals surface area contributed by atoms with Gasteiger partial charge in [0, 0.05) is 18.5 Å². The molecule has 8 nitrogen and oxygen atoms in total. The topological polar surface area (TPSA) is 86.3 Å². The molecule has 23 heavy (non-hydrogen) atoms. The first-order valence-corrected chi connectivity index (χ1v) is 7.42. The van der Waals surface area contributed by atoms with Gasteiger partial charge in [-0.15, -0.1) is 5.10 Å². The monoisotopic (exact) mass is 312 g/mol. The van der Waals surface area contributed by atoms with Gasteiger partial charge in [0.15, 0.2) is 5.65 Å². The summed E-state index contributed by atoms with van der Waals surface area (Å²) in [6.45, 7) is 2.81. The van der Waals surface area contributed by atoms with Crippen LogP contribution in [0.1, 0.15) is 11.7 Å². The zero-order valence-corrected chi connectivity index (χ0v) is 12.6. The van der Waals surface area contributed by atoms with Crippen molar-refractivity contribution in [2.45, 2.75) is 19.0 Å². The maximum atomic E-state index is 12.1. The van der Waals surface area contributed by atoms with Crippen molar-refractivity contribution in [2.75, 3.05) is 18.5 Å². The molecule has 0 bridgehead atoms. The van der Waals surface area contributed by atoms with Crippen molar-refractivity contribution >= 4 is 11.5 Å². The van der Waals surface area contributed by atoms with Gasteiger partial charge >= 0.3 is 0 Å². The second kappa shape index (κ2) is 5.47. The van der Waals surface area contributed by atoms with Gasteiger partial charge in [-0.3, -0.25) is 4.79 Å². The largest absolute Gasteiger partial charge is 0.377 e. The number of nitrogens with zero attached hydrogens (tertiary/aromatic N) is 5. The lowest BCUT2D eigenvalue weighted by molar-refractivity contribution is 0.182. The summed E-state index contributed by atoms with van der Waals surface area (Å²) in [5, 5.41) is 12.1. The van der Waals surface area contributed by atoms with Crippen LogP contribution in [0.4, 0.5) is 5.82 Å². The van der Waals surface area contributed by atoms with Gasteiger partial charge in [0.2, 0.25) is 0 Å². The van der Waals surface area contributed by atoms with Crippen molar-refractivity contribution in [2.24, 2.45) is 0 Å². The van der Waals surface area contributed by atoms with E-state index >= 15 is 0 Å².